The van der Waals surface area contributed by atoms with Crippen molar-refractivity contribution in [3.63, 3.8) is 0 Å². The second-order valence-electron chi connectivity index (χ2n) is 5.07. The Hall–Kier alpha value is -0.840. The fraction of sp³-hybridized carbons (Fsp3) is 0.250. The molecule has 4 heteroatoms. The Labute approximate surface area is 130 Å². The molecule has 0 saturated carbocycles. The first-order chi connectivity index (χ1) is 9.63. The molecule has 3 rings (SSSR count). The van der Waals surface area contributed by atoms with E-state index in [9.17, 15) is 4.39 Å². The van der Waals surface area contributed by atoms with E-state index in [1.165, 1.54) is 16.5 Å². The van der Waals surface area contributed by atoms with Gasteiger partial charge in [0.15, 0.2) is 0 Å². The van der Waals surface area contributed by atoms with E-state index >= 15 is 0 Å². The second kappa shape index (κ2) is 5.88. The summed E-state index contributed by atoms with van der Waals surface area (Å²) in [7, 11) is 0. The van der Waals surface area contributed by atoms with Crippen LogP contribution in [-0.2, 0) is 12.8 Å². The maximum Gasteiger partial charge on any atom is 0.123 e. The van der Waals surface area contributed by atoms with Crippen molar-refractivity contribution in [2.75, 3.05) is 0 Å². The molecule has 104 valence electrons. The van der Waals surface area contributed by atoms with Crippen LogP contribution in [0.25, 0.3) is 0 Å². The van der Waals surface area contributed by atoms with Crippen LogP contribution in [0, 0.1) is 5.82 Å². The summed E-state index contributed by atoms with van der Waals surface area (Å²) >= 11 is 5.31. The summed E-state index contributed by atoms with van der Waals surface area (Å²) in [5.41, 5.74) is 8.66. The molecule has 2 unspecified atom stereocenters. The molecule has 0 aromatic heterocycles. The highest BCUT2D eigenvalue weighted by Crippen LogP contribution is 2.38. The van der Waals surface area contributed by atoms with Crippen molar-refractivity contribution < 1.29 is 4.39 Å². The van der Waals surface area contributed by atoms with Crippen LogP contribution in [-0.4, -0.2) is 11.3 Å². The van der Waals surface area contributed by atoms with Gasteiger partial charge in [-0.2, -0.15) is 0 Å². The summed E-state index contributed by atoms with van der Waals surface area (Å²) in [6.07, 6.45) is 1.68. The Kier molecular flexibility index (Phi) is 4.15. The fourth-order valence-electron chi connectivity index (χ4n) is 2.53. The normalized spacial score (nSPS) is 18.9. The lowest BCUT2D eigenvalue weighted by Gasteiger charge is -2.19. The lowest BCUT2D eigenvalue weighted by Crippen LogP contribution is -2.34. The molecule has 1 aliphatic rings. The smallest absolute Gasteiger partial charge is 0.123 e. The quantitative estimate of drug-likeness (QED) is 0.897. The van der Waals surface area contributed by atoms with Crippen molar-refractivity contribution in [2.45, 2.75) is 29.0 Å². The minimum Gasteiger partial charge on any atom is -0.326 e. The molecule has 0 radical (unpaired) electrons. The van der Waals surface area contributed by atoms with Crippen LogP contribution in [0.5, 0.6) is 0 Å². The van der Waals surface area contributed by atoms with Gasteiger partial charge in [0.2, 0.25) is 0 Å². The maximum absolute atomic E-state index is 13.3. The van der Waals surface area contributed by atoms with Crippen LogP contribution < -0.4 is 5.73 Å². The van der Waals surface area contributed by atoms with Crippen LogP contribution in [0.4, 0.5) is 4.39 Å². The number of fused-ring (bicyclic) bond motifs is 1. The van der Waals surface area contributed by atoms with Crippen molar-refractivity contribution in [3.05, 3.63) is 63.9 Å². The van der Waals surface area contributed by atoms with Gasteiger partial charge < -0.3 is 5.73 Å². The SMILES string of the molecule is NC(Cc1cc(F)ccc1Br)C1Cc2ccccc2S1. The standard InChI is InChI=1S/C16H15BrFNS/c17-13-6-5-12(18)7-11(13)8-14(19)16-9-10-3-1-2-4-15(10)20-16/h1-7,14,16H,8-9,19H2. The molecule has 1 nitrogen and oxygen atoms in total. The Bertz CT molecular complexity index is 607. The largest absolute Gasteiger partial charge is 0.326 e. The molecule has 0 fully saturated rings. The van der Waals surface area contributed by atoms with E-state index in [-0.39, 0.29) is 11.9 Å². The summed E-state index contributed by atoms with van der Waals surface area (Å²) in [6.45, 7) is 0. The van der Waals surface area contributed by atoms with E-state index in [2.05, 4.69) is 40.2 Å². The average Bonchev–Trinajstić information content (AvgIpc) is 2.87. The van der Waals surface area contributed by atoms with Crippen LogP contribution >= 0.6 is 27.7 Å². The number of hydrogen-bond donors (Lipinski definition) is 1. The highest BCUT2D eigenvalue weighted by atomic mass is 79.9. The average molecular weight is 352 g/mol. The Morgan fingerprint density at radius 2 is 2.10 bits per heavy atom. The lowest BCUT2D eigenvalue weighted by molar-refractivity contribution is 0.609. The Morgan fingerprint density at radius 1 is 1.30 bits per heavy atom. The first kappa shape index (κ1) is 14.1. The predicted octanol–water partition coefficient (Wildman–Crippen LogP) is 4.18. The van der Waals surface area contributed by atoms with Crippen LogP contribution in [0.3, 0.4) is 0 Å². The molecule has 0 amide bonds. The minimum absolute atomic E-state index is 0.0190. The van der Waals surface area contributed by atoms with Crippen molar-refractivity contribution >= 4 is 27.7 Å². The lowest BCUT2D eigenvalue weighted by atomic mass is 9.99. The molecule has 2 aromatic carbocycles. The summed E-state index contributed by atoms with van der Waals surface area (Å²) in [5.74, 6) is -0.210. The molecule has 1 heterocycles. The van der Waals surface area contributed by atoms with E-state index in [0.29, 0.717) is 11.7 Å². The van der Waals surface area contributed by atoms with E-state index in [4.69, 9.17) is 5.73 Å². The minimum atomic E-state index is -0.210. The third-order valence-electron chi connectivity index (χ3n) is 3.61. The predicted molar refractivity (Wildman–Crippen MR) is 85.6 cm³/mol. The number of thioether (sulfide) groups is 1. The second-order valence-corrected chi connectivity index (χ2v) is 7.21. The molecule has 0 bridgehead atoms. The summed E-state index contributed by atoms with van der Waals surface area (Å²) < 4.78 is 14.2. The molecule has 20 heavy (non-hydrogen) atoms. The molecule has 0 aliphatic carbocycles. The van der Waals surface area contributed by atoms with Gasteiger partial charge in [-0.3, -0.25) is 0 Å². The van der Waals surface area contributed by atoms with Crippen molar-refractivity contribution in [3.8, 4) is 0 Å². The van der Waals surface area contributed by atoms with Gasteiger partial charge in [-0.25, -0.2) is 4.39 Å². The molecule has 0 saturated heterocycles. The highest BCUT2D eigenvalue weighted by molar-refractivity contribution is 9.10. The fourth-order valence-corrected chi connectivity index (χ4v) is 4.26. The zero-order chi connectivity index (χ0) is 14.1. The molecule has 1 aliphatic heterocycles. The van der Waals surface area contributed by atoms with Gasteiger partial charge >= 0.3 is 0 Å². The maximum atomic E-state index is 13.3. The van der Waals surface area contributed by atoms with Gasteiger partial charge in [0.1, 0.15) is 5.82 Å². The van der Waals surface area contributed by atoms with Gasteiger partial charge in [-0.05, 0) is 48.2 Å². The monoisotopic (exact) mass is 351 g/mol. The number of hydrogen-bond acceptors (Lipinski definition) is 2. The first-order valence-corrected chi connectivity index (χ1v) is 8.25. The zero-order valence-corrected chi connectivity index (χ0v) is 13.3. The number of rotatable bonds is 3. The van der Waals surface area contributed by atoms with Crippen molar-refractivity contribution in [2.24, 2.45) is 5.73 Å². The zero-order valence-electron chi connectivity index (χ0n) is 10.9. The number of benzene rings is 2. The van der Waals surface area contributed by atoms with E-state index in [0.717, 1.165) is 16.5 Å². The topological polar surface area (TPSA) is 26.0 Å². The molecule has 2 atom stereocenters. The van der Waals surface area contributed by atoms with Crippen LogP contribution in [0.15, 0.2) is 51.8 Å². The highest BCUT2D eigenvalue weighted by Gasteiger charge is 2.27. The Morgan fingerprint density at radius 3 is 2.90 bits per heavy atom. The van der Waals surface area contributed by atoms with Gasteiger partial charge in [0, 0.05) is 20.7 Å². The van der Waals surface area contributed by atoms with Gasteiger partial charge in [0.25, 0.3) is 0 Å². The summed E-state index contributed by atoms with van der Waals surface area (Å²) in [4.78, 5) is 1.33. The molecular formula is C16H15BrFNS. The molecule has 2 N–H and O–H groups in total. The van der Waals surface area contributed by atoms with Crippen LogP contribution in [0.1, 0.15) is 11.1 Å². The number of nitrogens with two attached hydrogens (primary N) is 1. The summed E-state index contributed by atoms with van der Waals surface area (Å²) in [5, 5.41) is 0.363. The van der Waals surface area contributed by atoms with E-state index in [1.54, 1.807) is 12.1 Å². The van der Waals surface area contributed by atoms with E-state index < -0.39 is 0 Å². The molecule has 2 aromatic rings. The third kappa shape index (κ3) is 2.92. The number of halogens is 2. The van der Waals surface area contributed by atoms with Crippen molar-refractivity contribution in [1.82, 2.24) is 0 Å². The molecule has 0 spiro atoms. The first-order valence-electron chi connectivity index (χ1n) is 6.57. The molecular weight excluding hydrogens is 337 g/mol. The van der Waals surface area contributed by atoms with Gasteiger partial charge in [0.05, 0.1) is 0 Å². The van der Waals surface area contributed by atoms with Crippen LogP contribution in [0.2, 0.25) is 0 Å². The van der Waals surface area contributed by atoms with Crippen molar-refractivity contribution in [1.29, 1.82) is 0 Å². The van der Waals surface area contributed by atoms with Gasteiger partial charge in [-0.1, -0.05) is 34.1 Å². The van der Waals surface area contributed by atoms with E-state index in [1.807, 2.05) is 11.8 Å². The third-order valence-corrected chi connectivity index (χ3v) is 5.86. The Balaban J connectivity index is 1.72. The summed E-state index contributed by atoms with van der Waals surface area (Å²) in [6, 6.07) is 13.2. The van der Waals surface area contributed by atoms with Gasteiger partial charge in [-0.15, -0.1) is 11.8 Å².